The van der Waals surface area contributed by atoms with Crippen molar-refractivity contribution < 1.29 is 23.7 Å². The highest BCUT2D eigenvalue weighted by Crippen LogP contribution is 2.27. The number of nitriles is 1. The van der Waals surface area contributed by atoms with Crippen molar-refractivity contribution in [3.8, 4) is 5.40 Å². The lowest BCUT2D eigenvalue weighted by atomic mass is 10.2. The molecule has 112 valence electrons. The van der Waals surface area contributed by atoms with Gasteiger partial charge in [-0.2, -0.15) is 5.26 Å². The minimum atomic E-state index is -0.948. The fourth-order valence-corrected chi connectivity index (χ4v) is 2.16. The third-order valence-electron chi connectivity index (χ3n) is 2.59. The number of thiocyanates is 1. The van der Waals surface area contributed by atoms with Crippen LogP contribution in [0.1, 0.15) is 26.2 Å². The van der Waals surface area contributed by atoms with Crippen molar-refractivity contribution in [1.29, 1.82) is 5.26 Å². The number of hydrogen-bond donors (Lipinski definition) is 2. The summed E-state index contributed by atoms with van der Waals surface area (Å²) in [4.78, 5) is 21.7. The van der Waals surface area contributed by atoms with Gasteiger partial charge in [-0.05, 0) is 13.3 Å². The van der Waals surface area contributed by atoms with E-state index in [9.17, 15) is 9.59 Å². The second-order valence-electron chi connectivity index (χ2n) is 4.29. The van der Waals surface area contributed by atoms with Crippen molar-refractivity contribution >= 4 is 23.9 Å². The Morgan fingerprint density at radius 1 is 1.40 bits per heavy atom. The highest BCUT2D eigenvalue weighted by Gasteiger charge is 2.30. The van der Waals surface area contributed by atoms with Crippen LogP contribution in [-0.4, -0.2) is 51.2 Å². The molecule has 0 aliphatic carbocycles. The van der Waals surface area contributed by atoms with Gasteiger partial charge in [0.05, 0.1) is 12.7 Å². The van der Waals surface area contributed by atoms with E-state index in [1.807, 2.05) is 13.2 Å². The molecule has 1 atom stereocenters. The molecule has 0 radical (unpaired) electrons. The van der Waals surface area contributed by atoms with Crippen LogP contribution >= 0.6 is 11.9 Å². The van der Waals surface area contributed by atoms with E-state index in [-0.39, 0.29) is 19.3 Å². The van der Waals surface area contributed by atoms with Crippen LogP contribution in [0.4, 0.5) is 0 Å². The Morgan fingerprint density at radius 2 is 1.95 bits per heavy atom. The number of aliphatic carboxylic acids is 2. The van der Waals surface area contributed by atoms with E-state index in [1.165, 1.54) is 11.9 Å². The van der Waals surface area contributed by atoms with Crippen LogP contribution in [0.5, 0.6) is 0 Å². The van der Waals surface area contributed by atoms with Gasteiger partial charge in [-0.15, -0.1) is 0 Å². The molecule has 0 spiro atoms. The van der Waals surface area contributed by atoms with Gasteiger partial charge in [0, 0.05) is 19.9 Å². The SMILES string of the molecule is CC[N+]1(SC#N)C=CN(C)C1.O=C(O)CCCC(=O)O. The molecule has 0 fully saturated rings. The van der Waals surface area contributed by atoms with Gasteiger partial charge < -0.3 is 15.1 Å². The number of carbonyl (C=O) groups is 2. The van der Waals surface area contributed by atoms with Crippen molar-refractivity contribution in [3.63, 3.8) is 0 Å². The zero-order valence-corrected chi connectivity index (χ0v) is 12.5. The smallest absolute Gasteiger partial charge is 0.303 e. The van der Waals surface area contributed by atoms with Gasteiger partial charge in [-0.3, -0.25) is 9.59 Å². The molecule has 0 saturated carbocycles. The van der Waals surface area contributed by atoms with Crippen LogP contribution < -0.4 is 0 Å². The second-order valence-corrected chi connectivity index (χ2v) is 5.38. The Labute approximate surface area is 122 Å². The van der Waals surface area contributed by atoms with Gasteiger partial charge in [-0.25, -0.2) is 3.89 Å². The van der Waals surface area contributed by atoms with E-state index in [1.54, 1.807) is 0 Å². The van der Waals surface area contributed by atoms with Gasteiger partial charge >= 0.3 is 11.9 Å². The first-order valence-electron chi connectivity index (χ1n) is 6.13. The first-order chi connectivity index (χ1) is 9.35. The van der Waals surface area contributed by atoms with E-state index in [4.69, 9.17) is 15.5 Å². The molecule has 1 unspecified atom stereocenters. The molecule has 0 aromatic carbocycles. The van der Waals surface area contributed by atoms with Gasteiger partial charge in [0.2, 0.25) is 11.9 Å². The number of rotatable bonds is 6. The molecule has 2 N–H and O–H groups in total. The Morgan fingerprint density at radius 3 is 2.25 bits per heavy atom. The van der Waals surface area contributed by atoms with E-state index < -0.39 is 11.9 Å². The maximum atomic E-state index is 9.79. The molecule has 0 aromatic heterocycles. The molecule has 1 rings (SSSR count). The quantitative estimate of drug-likeness (QED) is 0.437. The van der Waals surface area contributed by atoms with Crippen molar-refractivity contribution in [3.05, 3.63) is 12.4 Å². The monoisotopic (exact) mass is 302 g/mol. The number of nitrogens with zero attached hydrogens (tertiary/aromatic N) is 3. The summed E-state index contributed by atoms with van der Waals surface area (Å²) in [6.45, 7) is 3.95. The lowest BCUT2D eigenvalue weighted by Crippen LogP contribution is -2.36. The third kappa shape index (κ3) is 7.66. The van der Waals surface area contributed by atoms with Crippen molar-refractivity contribution in [2.24, 2.45) is 0 Å². The van der Waals surface area contributed by atoms with E-state index in [0.717, 1.165) is 13.2 Å². The van der Waals surface area contributed by atoms with E-state index in [0.29, 0.717) is 3.89 Å². The van der Waals surface area contributed by atoms with Crippen LogP contribution in [0.25, 0.3) is 0 Å². The molecule has 0 aromatic rings. The van der Waals surface area contributed by atoms with Crippen molar-refractivity contribution in [2.75, 3.05) is 20.3 Å². The fraction of sp³-hybridized carbons (Fsp3) is 0.583. The highest BCUT2D eigenvalue weighted by atomic mass is 32.2. The maximum absolute atomic E-state index is 9.79. The van der Waals surface area contributed by atoms with E-state index >= 15 is 0 Å². The summed E-state index contributed by atoms with van der Waals surface area (Å²) in [6.07, 6.45) is 4.17. The van der Waals surface area contributed by atoms with Gasteiger partial charge in [0.1, 0.15) is 6.20 Å². The Kier molecular flexibility index (Phi) is 8.43. The lowest BCUT2D eigenvalue weighted by Gasteiger charge is -2.24. The van der Waals surface area contributed by atoms with E-state index in [2.05, 4.69) is 23.4 Å². The normalized spacial score (nSPS) is 19.9. The summed E-state index contributed by atoms with van der Waals surface area (Å²) in [7, 11) is 2.02. The first-order valence-corrected chi connectivity index (χ1v) is 6.90. The fourth-order valence-electron chi connectivity index (χ4n) is 1.51. The molecule has 7 nitrogen and oxygen atoms in total. The molecule has 0 amide bonds. The molecule has 0 bridgehead atoms. The maximum Gasteiger partial charge on any atom is 0.303 e. The highest BCUT2D eigenvalue weighted by molar-refractivity contribution is 7.98. The molecule has 8 heteroatoms. The molecule has 0 saturated heterocycles. The molecule has 1 aliphatic heterocycles. The molecular formula is C12H20N3O4S+. The van der Waals surface area contributed by atoms with Crippen molar-refractivity contribution in [2.45, 2.75) is 26.2 Å². The lowest BCUT2D eigenvalue weighted by molar-refractivity contribution is -0.739. The molecular weight excluding hydrogens is 282 g/mol. The standard InChI is InChI=1S/C7H12N3S.C5H8O4/c1-3-10(11-6-8)5-4-9(2)7-10;6-4(7)2-1-3-5(8)9/h4-5H,3,7H2,1-2H3;1-3H2,(H,6,7)(H,8,9)/q+1;. The Hall–Kier alpha value is -1.72. The molecule has 20 heavy (non-hydrogen) atoms. The van der Waals surface area contributed by atoms with Crippen LogP contribution in [0.3, 0.4) is 0 Å². The summed E-state index contributed by atoms with van der Waals surface area (Å²) in [5.41, 5.74) is 0. The summed E-state index contributed by atoms with van der Waals surface area (Å²) in [6, 6.07) is 0. The number of carboxylic acids is 2. The summed E-state index contributed by atoms with van der Waals surface area (Å²) in [5.74, 6) is -1.90. The number of carboxylic acid groups (broad SMARTS) is 2. The zero-order valence-electron chi connectivity index (χ0n) is 11.7. The predicted octanol–water partition coefficient (Wildman–Crippen LogP) is 1.65. The predicted molar refractivity (Wildman–Crippen MR) is 74.9 cm³/mol. The first kappa shape index (κ1) is 18.3. The third-order valence-corrected chi connectivity index (χ3v) is 3.54. The van der Waals surface area contributed by atoms with Gasteiger partial charge in [0.15, 0.2) is 12.1 Å². The number of quaternary nitrogens is 1. The second kappa shape index (κ2) is 9.23. The Balaban J connectivity index is 0.000000370. The van der Waals surface area contributed by atoms with Crippen LogP contribution in [0.2, 0.25) is 0 Å². The van der Waals surface area contributed by atoms with Crippen molar-refractivity contribution in [1.82, 2.24) is 4.90 Å². The number of hydrogen-bond acceptors (Lipinski definition) is 5. The Bertz CT molecular complexity index is 394. The van der Waals surface area contributed by atoms with Crippen LogP contribution in [0, 0.1) is 10.7 Å². The topological polar surface area (TPSA) is 102 Å². The summed E-state index contributed by atoms with van der Waals surface area (Å²) >= 11 is 1.30. The van der Waals surface area contributed by atoms with Gasteiger partial charge in [0.25, 0.3) is 0 Å². The van der Waals surface area contributed by atoms with Gasteiger partial charge in [-0.1, -0.05) is 0 Å². The summed E-state index contributed by atoms with van der Waals surface area (Å²) in [5, 5.41) is 26.8. The minimum absolute atomic E-state index is 0.0632. The minimum Gasteiger partial charge on any atom is -0.481 e. The average Bonchev–Trinajstić information content (AvgIpc) is 2.72. The zero-order chi connectivity index (χ0) is 15.6. The average molecular weight is 302 g/mol. The van der Waals surface area contributed by atoms with Crippen LogP contribution in [0.15, 0.2) is 12.4 Å². The molecule has 1 aliphatic rings. The van der Waals surface area contributed by atoms with Crippen LogP contribution in [-0.2, 0) is 9.59 Å². The summed E-state index contributed by atoms with van der Waals surface area (Å²) < 4.78 is 0.701. The largest absolute Gasteiger partial charge is 0.481 e. The molecule has 1 heterocycles.